The summed E-state index contributed by atoms with van der Waals surface area (Å²) in [5.41, 5.74) is 1.16. The van der Waals surface area contributed by atoms with Crippen molar-refractivity contribution < 1.29 is 14.9 Å². The van der Waals surface area contributed by atoms with E-state index in [9.17, 15) is 0 Å². The lowest BCUT2D eigenvalue weighted by Gasteiger charge is -2.09. The van der Waals surface area contributed by atoms with Gasteiger partial charge in [-0.1, -0.05) is 30.3 Å². The lowest BCUT2D eigenvalue weighted by molar-refractivity contribution is 0.300. The van der Waals surface area contributed by atoms with Crippen molar-refractivity contribution in [2.75, 3.05) is 19.7 Å². The first-order chi connectivity index (χ1) is 12.9. The van der Waals surface area contributed by atoms with Gasteiger partial charge in [0.05, 0.1) is 6.33 Å². The average molecular weight is 442 g/mol. The number of ether oxygens (including phenoxy) is 2. The molecule has 2 aromatic carbocycles. The van der Waals surface area contributed by atoms with Crippen LogP contribution in [0.3, 0.4) is 0 Å². The summed E-state index contributed by atoms with van der Waals surface area (Å²) in [5.74, 6) is 1.70. The summed E-state index contributed by atoms with van der Waals surface area (Å²) in [6.45, 7) is 4.00. The molecule has 3 N–H and O–H groups in total. The summed E-state index contributed by atoms with van der Waals surface area (Å²) in [6.07, 6.45) is 6.70. The second kappa shape index (κ2) is 15.6. The molecular weight excluding hydrogens is 413 g/mol. The number of nitrogens with zero attached hydrogens (tertiary/aromatic N) is 2. The van der Waals surface area contributed by atoms with E-state index in [-0.39, 0.29) is 30.3 Å². The minimum atomic E-state index is 0. The molecule has 0 saturated carbocycles. The largest absolute Gasteiger partial charge is 0.492 e. The predicted octanol–water partition coefficient (Wildman–Crippen LogP) is 3.54. The van der Waals surface area contributed by atoms with Crippen molar-refractivity contribution in [3.63, 3.8) is 0 Å². The van der Waals surface area contributed by atoms with E-state index in [2.05, 4.69) is 27.0 Å². The Morgan fingerprint density at radius 1 is 0.862 bits per heavy atom. The summed E-state index contributed by atoms with van der Waals surface area (Å²) in [4.78, 5) is 4.03. The molecule has 0 aliphatic carbocycles. The maximum absolute atomic E-state index is 5.77. The van der Waals surface area contributed by atoms with Crippen LogP contribution in [-0.4, -0.2) is 34.7 Å². The van der Waals surface area contributed by atoms with E-state index in [1.807, 2.05) is 55.0 Å². The molecule has 8 heteroatoms. The second-order valence-electron chi connectivity index (χ2n) is 6.00. The molecule has 0 spiro atoms. The minimum Gasteiger partial charge on any atom is -0.492 e. The number of imidazole rings is 1. The summed E-state index contributed by atoms with van der Waals surface area (Å²) in [6, 6.07) is 17.9. The molecule has 0 unspecified atom stereocenters. The third kappa shape index (κ3) is 10.2. The van der Waals surface area contributed by atoms with Crippen LogP contribution in [0.2, 0.25) is 0 Å². The van der Waals surface area contributed by atoms with Gasteiger partial charge in [0.15, 0.2) is 0 Å². The Labute approximate surface area is 184 Å². The van der Waals surface area contributed by atoms with Crippen LogP contribution in [0.15, 0.2) is 73.3 Å². The predicted molar refractivity (Wildman–Crippen MR) is 121 cm³/mol. The standard InChI is InChI=1S/C21H25N3O2.2ClH.H2O/c1-2-5-19(6-3-1)17-26-21-9-7-20(8-10-21)25-16-13-22-11-4-14-24-15-12-23-18-24;;;/h1-3,5-10,12,15,18,22H,4,11,13-14,16-17H2;2*1H;1H2. The molecule has 0 fully saturated rings. The lowest BCUT2D eigenvalue weighted by atomic mass is 10.2. The number of nitrogens with one attached hydrogen (secondary N) is 1. The Bertz CT molecular complexity index is 742. The van der Waals surface area contributed by atoms with Crippen molar-refractivity contribution in [3.05, 3.63) is 78.9 Å². The zero-order valence-corrected chi connectivity index (χ0v) is 17.8. The van der Waals surface area contributed by atoms with E-state index in [1.54, 1.807) is 6.20 Å². The van der Waals surface area contributed by atoms with Crippen LogP contribution in [0.25, 0.3) is 0 Å². The Morgan fingerprint density at radius 3 is 2.21 bits per heavy atom. The summed E-state index contributed by atoms with van der Waals surface area (Å²) in [5, 5.41) is 3.38. The van der Waals surface area contributed by atoms with Crippen molar-refractivity contribution in [2.24, 2.45) is 0 Å². The zero-order chi connectivity index (χ0) is 17.9. The molecule has 0 aliphatic heterocycles. The molecule has 3 rings (SSSR count). The maximum Gasteiger partial charge on any atom is 0.120 e. The molecule has 1 heterocycles. The van der Waals surface area contributed by atoms with Crippen molar-refractivity contribution >= 4 is 24.8 Å². The molecule has 6 nitrogen and oxygen atoms in total. The lowest BCUT2D eigenvalue weighted by Crippen LogP contribution is -2.22. The number of benzene rings is 2. The van der Waals surface area contributed by atoms with Gasteiger partial charge in [0.2, 0.25) is 0 Å². The van der Waals surface area contributed by atoms with E-state index < -0.39 is 0 Å². The first-order valence-electron chi connectivity index (χ1n) is 8.96. The van der Waals surface area contributed by atoms with E-state index in [4.69, 9.17) is 9.47 Å². The molecule has 1 aromatic heterocycles. The molecule has 0 atom stereocenters. The molecule has 0 bridgehead atoms. The number of aryl methyl sites for hydroxylation is 1. The number of aromatic nitrogens is 2. The molecular formula is C21H29Cl2N3O3. The summed E-state index contributed by atoms with van der Waals surface area (Å²) >= 11 is 0. The van der Waals surface area contributed by atoms with Gasteiger partial charge >= 0.3 is 0 Å². The maximum atomic E-state index is 5.77. The molecule has 160 valence electrons. The normalized spacial score (nSPS) is 9.52. The first-order valence-corrected chi connectivity index (χ1v) is 8.96. The van der Waals surface area contributed by atoms with Crippen LogP contribution in [0.1, 0.15) is 12.0 Å². The van der Waals surface area contributed by atoms with E-state index in [1.165, 1.54) is 0 Å². The van der Waals surface area contributed by atoms with Crippen LogP contribution in [0, 0.1) is 0 Å². The number of rotatable bonds is 11. The Morgan fingerprint density at radius 2 is 1.55 bits per heavy atom. The topological polar surface area (TPSA) is 79.8 Å². The van der Waals surface area contributed by atoms with Gasteiger partial charge in [0.1, 0.15) is 24.7 Å². The van der Waals surface area contributed by atoms with Crippen LogP contribution in [-0.2, 0) is 13.2 Å². The van der Waals surface area contributed by atoms with Gasteiger partial charge in [-0.2, -0.15) is 0 Å². The third-order valence-electron chi connectivity index (χ3n) is 3.95. The SMILES string of the molecule is Cl.Cl.O.c1ccc(COc2ccc(OCCNCCCn3ccnc3)cc2)cc1. The van der Waals surface area contributed by atoms with Crippen LogP contribution in [0.4, 0.5) is 0 Å². The van der Waals surface area contributed by atoms with Crippen molar-refractivity contribution in [1.82, 2.24) is 14.9 Å². The molecule has 0 amide bonds. The fourth-order valence-corrected chi connectivity index (χ4v) is 2.54. The smallest absolute Gasteiger partial charge is 0.120 e. The van der Waals surface area contributed by atoms with Gasteiger partial charge in [0, 0.05) is 25.5 Å². The van der Waals surface area contributed by atoms with E-state index >= 15 is 0 Å². The average Bonchev–Trinajstić information content (AvgIpc) is 3.21. The van der Waals surface area contributed by atoms with Crippen molar-refractivity contribution in [1.29, 1.82) is 0 Å². The van der Waals surface area contributed by atoms with Gasteiger partial charge < -0.3 is 24.8 Å². The third-order valence-corrected chi connectivity index (χ3v) is 3.95. The quantitative estimate of drug-likeness (QED) is 0.461. The van der Waals surface area contributed by atoms with Gasteiger partial charge in [-0.05, 0) is 42.8 Å². The molecule has 3 aromatic rings. The molecule has 0 aliphatic rings. The van der Waals surface area contributed by atoms with Gasteiger partial charge in [0.25, 0.3) is 0 Å². The molecule has 0 radical (unpaired) electrons. The van der Waals surface area contributed by atoms with Crippen molar-refractivity contribution in [3.8, 4) is 11.5 Å². The Hall–Kier alpha value is -2.25. The highest BCUT2D eigenvalue weighted by atomic mass is 35.5. The van der Waals surface area contributed by atoms with E-state index in [0.29, 0.717) is 13.2 Å². The summed E-state index contributed by atoms with van der Waals surface area (Å²) in [7, 11) is 0. The van der Waals surface area contributed by atoms with E-state index in [0.717, 1.165) is 43.1 Å². The monoisotopic (exact) mass is 441 g/mol. The molecule has 0 saturated heterocycles. The Balaban J connectivity index is 0.00000261. The first kappa shape index (κ1) is 26.8. The molecule has 29 heavy (non-hydrogen) atoms. The van der Waals surface area contributed by atoms with Crippen LogP contribution >= 0.6 is 24.8 Å². The van der Waals surface area contributed by atoms with Crippen LogP contribution < -0.4 is 14.8 Å². The minimum absolute atomic E-state index is 0. The number of hydrogen-bond acceptors (Lipinski definition) is 4. The second-order valence-corrected chi connectivity index (χ2v) is 6.00. The van der Waals surface area contributed by atoms with Gasteiger partial charge in [-0.3, -0.25) is 0 Å². The highest BCUT2D eigenvalue weighted by Crippen LogP contribution is 2.18. The highest BCUT2D eigenvalue weighted by Gasteiger charge is 1.98. The fourth-order valence-electron chi connectivity index (χ4n) is 2.54. The number of hydrogen-bond donors (Lipinski definition) is 1. The van der Waals surface area contributed by atoms with Crippen LogP contribution in [0.5, 0.6) is 11.5 Å². The van der Waals surface area contributed by atoms with Gasteiger partial charge in [-0.25, -0.2) is 4.98 Å². The zero-order valence-electron chi connectivity index (χ0n) is 16.2. The number of halogens is 2. The highest BCUT2D eigenvalue weighted by molar-refractivity contribution is 5.85. The van der Waals surface area contributed by atoms with Crippen molar-refractivity contribution in [2.45, 2.75) is 19.6 Å². The Kier molecular flexibility index (Phi) is 14.4. The van der Waals surface area contributed by atoms with Gasteiger partial charge in [-0.15, -0.1) is 24.8 Å². The fraction of sp³-hybridized carbons (Fsp3) is 0.286. The summed E-state index contributed by atoms with van der Waals surface area (Å²) < 4.78 is 13.6.